The number of primary amides is 1. The third kappa shape index (κ3) is 4.95. The molecule has 74 valence electrons. The molecular formula is C8H15N3O2. The van der Waals surface area contributed by atoms with Crippen molar-refractivity contribution in [3.63, 3.8) is 0 Å². The van der Waals surface area contributed by atoms with Crippen molar-refractivity contribution in [3.05, 3.63) is 0 Å². The van der Waals surface area contributed by atoms with Crippen molar-refractivity contribution in [2.75, 3.05) is 0 Å². The number of hydrazone groups is 1. The second-order valence-corrected chi connectivity index (χ2v) is 2.66. The third-order valence-electron chi connectivity index (χ3n) is 1.72. The predicted molar refractivity (Wildman–Crippen MR) is 49.9 cm³/mol. The van der Waals surface area contributed by atoms with Gasteiger partial charge in [-0.2, -0.15) is 5.10 Å². The number of nitrogens with two attached hydrogens (primary N) is 1. The SMILES string of the molecule is CCC(/C=N\NC(=O)C(N)=O)CC. The topological polar surface area (TPSA) is 84.6 Å². The van der Waals surface area contributed by atoms with Crippen molar-refractivity contribution in [1.29, 1.82) is 0 Å². The summed E-state index contributed by atoms with van der Waals surface area (Å²) in [6.07, 6.45) is 3.51. The Labute approximate surface area is 77.4 Å². The summed E-state index contributed by atoms with van der Waals surface area (Å²) in [5, 5.41) is 3.61. The Bertz CT molecular complexity index is 209. The molecule has 0 spiro atoms. The van der Waals surface area contributed by atoms with Crippen LogP contribution in [0, 0.1) is 5.92 Å². The first-order valence-corrected chi connectivity index (χ1v) is 4.24. The summed E-state index contributed by atoms with van der Waals surface area (Å²) in [7, 11) is 0. The Balaban J connectivity index is 3.86. The third-order valence-corrected chi connectivity index (χ3v) is 1.72. The molecule has 13 heavy (non-hydrogen) atoms. The summed E-state index contributed by atoms with van der Waals surface area (Å²) < 4.78 is 0. The fourth-order valence-electron chi connectivity index (χ4n) is 0.756. The Morgan fingerprint density at radius 2 is 2.00 bits per heavy atom. The molecule has 0 heterocycles. The second kappa shape index (κ2) is 6.16. The zero-order valence-corrected chi connectivity index (χ0v) is 7.91. The molecule has 0 saturated carbocycles. The summed E-state index contributed by atoms with van der Waals surface area (Å²) >= 11 is 0. The summed E-state index contributed by atoms with van der Waals surface area (Å²) in [6, 6.07) is 0. The van der Waals surface area contributed by atoms with Crippen LogP contribution in [0.5, 0.6) is 0 Å². The number of carbonyl (C=O) groups is 2. The highest BCUT2D eigenvalue weighted by Crippen LogP contribution is 2.02. The van der Waals surface area contributed by atoms with Crippen LogP contribution in [0.4, 0.5) is 0 Å². The molecule has 0 fully saturated rings. The van der Waals surface area contributed by atoms with E-state index in [0.717, 1.165) is 12.8 Å². The number of hydrogen-bond acceptors (Lipinski definition) is 3. The maximum atomic E-state index is 10.6. The van der Waals surface area contributed by atoms with E-state index < -0.39 is 11.8 Å². The van der Waals surface area contributed by atoms with Gasteiger partial charge in [0.25, 0.3) is 0 Å². The predicted octanol–water partition coefficient (Wildman–Crippen LogP) is 0.00990. The van der Waals surface area contributed by atoms with Gasteiger partial charge in [0.2, 0.25) is 0 Å². The fourth-order valence-corrected chi connectivity index (χ4v) is 0.756. The minimum atomic E-state index is -1.03. The van der Waals surface area contributed by atoms with Gasteiger partial charge >= 0.3 is 11.8 Å². The van der Waals surface area contributed by atoms with Gasteiger partial charge in [-0.15, -0.1) is 0 Å². The highest BCUT2D eigenvalue weighted by molar-refractivity contribution is 6.34. The number of hydrogen-bond donors (Lipinski definition) is 2. The first kappa shape index (κ1) is 11.6. The molecule has 0 aliphatic carbocycles. The van der Waals surface area contributed by atoms with E-state index in [0.29, 0.717) is 5.92 Å². The van der Waals surface area contributed by atoms with Gasteiger partial charge < -0.3 is 5.73 Å². The van der Waals surface area contributed by atoms with Gasteiger partial charge in [0, 0.05) is 6.21 Å². The molecule has 5 heteroatoms. The van der Waals surface area contributed by atoms with Gasteiger partial charge in [0.15, 0.2) is 0 Å². The standard InChI is InChI=1S/C8H15N3O2/c1-3-6(4-2)5-10-11-8(13)7(9)12/h5-6H,3-4H2,1-2H3,(H2,9,12)(H,11,13)/b10-5-. The minimum Gasteiger partial charge on any atom is -0.361 e. The molecular weight excluding hydrogens is 170 g/mol. The van der Waals surface area contributed by atoms with Crippen LogP contribution in [0.3, 0.4) is 0 Å². The van der Waals surface area contributed by atoms with E-state index >= 15 is 0 Å². The lowest BCUT2D eigenvalue weighted by molar-refractivity contribution is -0.137. The minimum absolute atomic E-state index is 0.327. The van der Waals surface area contributed by atoms with Crippen LogP contribution in [-0.4, -0.2) is 18.0 Å². The van der Waals surface area contributed by atoms with Gasteiger partial charge in [0.1, 0.15) is 0 Å². The largest absolute Gasteiger partial charge is 0.361 e. The van der Waals surface area contributed by atoms with Crippen molar-refractivity contribution < 1.29 is 9.59 Å². The summed E-state index contributed by atoms with van der Waals surface area (Å²) in [6.45, 7) is 4.05. The molecule has 0 aliphatic heterocycles. The summed E-state index contributed by atoms with van der Waals surface area (Å²) in [4.78, 5) is 20.9. The van der Waals surface area contributed by atoms with E-state index in [1.54, 1.807) is 6.21 Å². The van der Waals surface area contributed by atoms with E-state index in [2.05, 4.69) is 5.10 Å². The molecule has 0 aliphatic rings. The Morgan fingerprint density at radius 1 is 1.46 bits per heavy atom. The lowest BCUT2D eigenvalue weighted by Gasteiger charge is -2.03. The van der Waals surface area contributed by atoms with Crippen LogP contribution in [-0.2, 0) is 9.59 Å². The van der Waals surface area contributed by atoms with E-state index in [4.69, 9.17) is 5.73 Å². The molecule has 2 amide bonds. The molecule has 3 N–H and O–H groups in total. The van der Waals surface area contributed by atoms with Crippen molar-refractivity contribution in [1.82, 2.24) is 5.43 Å². The molecule has 0 bridgehead atoms. The van der Waals surface area contributed by atoms with E-state index in [1.165, 1.54) is 0 Å². The van der Waals surface area contributed by atoms with Gasteiger partial charge in [-0.1, -0.05) is 13.8 Å². The lowest BCUT2D eigenvalue weighted by atomic mass is 10.1. The second-order valence-electron chi connectivity index (χ2n) is 2.66. The zero-order valence-electron chi connectivity index (χ0n) is 7.91. The molecule has 0 aromatic heterocycles. The smallest absolute Gasteiger partial charge is 0.329 e. The molecule has 0 rings (SSSR count). The Morgan fingerprint density at radius 3 is 2.38 bits per heavy atom. The van der Waals surface area contributed by atoms with Gasteiger partial charge in [0.05, 0.1) is 0 Å². The molecule has 0 aromatic rings. The van der Waals surface area contributed by atoms with Crippen LogP contribution in [0.1, 0.15) is 26.7 Å². The molecule has 0 unspecified atom stereocenters. The van der Waals surface area contributed by atoms with Gasteiger partial charge in [-0.25, -0.2) is 5.43 Å². The average molecular weight is 185 g/mol. The molecule has 0 atom stereocenters. The molecule has 0 aromatic carbocycles. The van der Waals surface area contributed by atoms with Crippen LogP contribution in [0.2, 0.25) is 0 Å². The Hall–Kier alpha value is -1.39. The lowest BCUT2D eigenvalue weighted by Crippen LogP contribution is -2.33. The van der Waals surface area contributed by atoms with E-state index in [1.807, 2.05) is 19.3 Å². The highest BCUT2D eigenvalue weighted by atomic mass is 16.2. The first-order valence-electron chi connectivity index (χ1n) is 4.24. The fraction of sp³-hybridized carbons (Fsp3) is 0.625. The summed E-state index contributed by atoms with van der Waals surface area (Å²) in [5.41, 5.74) is 6.73. The molecule has 0 radical (unpaired) electrons. The van der Waals surface area contributed by atoms with Crippen molar-refractivity contribution in [3.8, 4) is 0 Å². The van der Waals surface area contributed by atoms with Crippen LogP contribution in [0.15, 0.2) is 5.10 Å². The number of carbonyl (C=O) groups excluding carboxylic acids is 2. The highest BCUT2D eigenvalue weighted by Gasteiger charge is 2.05. The van der Waals surface area contributed by atoms with Crippen LogP contribution in [0.25, 0.3) is 0 Å². The van der Waals surface area contributed by atoms with E-state index in [-0.39, 0.29) is 0 Å². The monoisotopic (exact) mass is 185 g/mol. The Kier molecular flexibility index (Phi) is 5.50. The van der Waals surface area contributed by atoms with Gasteiger partial charge in [-0.3, -0.25) is 9.59 Å². The molecule has 5 nitrogen and oxygen atoms in total. The van der Waals surface area contributed by atoms with Crippen LogP contribution < -0.4 is 11.2 Å². The van der Waals surface area contributed by atoms with Crippen molar-refractivity contribution >= 4 is 18.0 Å². The normalized spacial score (nSPS) is 10.7. The molecule has 0 saturated heterocycles. The number of amides is 2. The number of nitrogens with zero attached hydrogens (tertiary/aromatic N) is 1. The zero-order chi connectivity index (χ0) is 10.3. The maximum Gasteiger partial charge on any atom is 0.329 e. The van der Waals surface area contributed by atoms with Crippen LogP contribution >= 0.6 is 0 Å². The van der Waals surface area contributed by atoms with Gasteiger partial charge in [-0.05, 0) is 18.8 Å². The van der Waals surface area contributed by atoms with E-state index in [9.17, 15) is 9.59 Å². The number of rotatable bonds is 4. The number of nitrogens with one attached hydrogen (secondary N) is 1. The quantitative estimate of drug-likeness (QED) is 0.367. The van der Waals surface area contributed by atoms with Crippen molar-refractivity contribution in [2.24, 2.45) is 16.8 Å². The maximum absolute atomic E-state index is 10.6. The summed E-state index contributed by atoms with van der Waals surface area (Å²) in [5.74, 6) is -1.59. The first-order chi connectivity index (χ1) is 6.11. The average Bonchev–Trinajstić information content (AvgIpc) is 2.12. The van der Waals surface area contributed by atoms with Crippen molar-refractivity contribution in [2.45, 2.75) is 26.7 Å².